The number of carbonyl (C=O) groups excluding carboxylic acids is 2. The Balaban J connectivity index is 3.96. The van der Waals surface area contributed by atoms with E-state index < -0.39 is 0 Å². The fraction of sp³-hybridized carbons (Fsp3) is 0.500. The monoisotopic (exact) mass is 212 g/mol. The molecule has 0 fully saturated rings. The van der Waals surface area contributed by atoms with Gasteiger partial charge in [-0.25, -0.2) is 0 Å². The van der Waals surface area contributed by atoms with Crippen LogP contribution in [0.4, 0.5) is 0 Å². The number of ether oxygens (including phenoxy) is 1. The van der Waals surface area contributed by atoms with E-state index in [4.69, 9.17) is 0 Å². The Morgan fingerprint density at radius 2 is 2.27 bits per heavy atom. The van der Waals surface area contributed by atoms with Crippen LogP contribution in [0.25, 0.3) is 0 Å². The van der Waals surface area contributed by atoms with E-state index in [1.807, 2.05) is 6.92 Å². The van der Waals surface area contributed by atoms with E-state index in [0.29, 0.717) is 18.6 Å². The van der Waals surface area contributed by atoms with Crippen LogP contribution < -0.4 is 5.32 Å². The summed E-state index contributed by atoms with van der Waals surface area (Å²) >= 11 is 0. The highest BCUT2D eigenvalue weighted by atomic mass is 16.5. The van der Waals surface area contributed by atoms with Crippen LogP contribution in [0, 0.1) is 0 Å². The minimum absolute atomic E-state index is 0.0767. The van der Waals surface area contributed by atoms with Crippen LogP contribution in [0.2, 0.25) is 0 Å². The maximum absolute atomic E-state index is 11.2. The van der Waals surface area contributed by atoms with Crippen molar-refractivity contribution >= 4 is 18.1 Å². The lowest BCUT2D eigenvalue weighted by molar-refractivity contribution is -0.130. The summed E-state index contributed by atoms with van der Waals surface area (Å²) in [6, 6.07) is 0. The third-order valence-corrected chi connectivity index (χ3v) is 1.76. The number of hydrogen-bond donors (Lipinski definition) is 1. The summed E-state index contributed by atoms with van der Waals surface area (Å²) in [5.41, 5.74) is 1.25. The highest BCUT2D eigenvalue weighted by Gasteiger charge is 2.06. The van der Waals surface area contributed by atoms with E-state index in [-0.39, 0.29) is 18.9 Å². The van der Waals surface area contributed by atoms with Gasteiger partial charge in [-0.1, -0.05) is 13.5 Å². The summed E-state index contributed by atoms with van der Waals surface area (Å²) < 4.78 is 4.40. The van der Waals surface area contributed by atoms with Crippen molar-refractivity contribution in [3.8, 4) is 0 Å². The predicted molar refractivity (Wildman–Crippen MR) is 57.6 cm³/mol. The summed E-state index contributed by atoms with van der Waals surface area (Å²) in [6.07, 6.45) is 0.832. The van der Waals surface area contributed by atoms with Gasteiger partial charge in [-0.2, -0.15) is 0 Å². The van der Waals surface area contributed by atoms with Gasteiger partial charge in [0.25, 0.3) is 6.47 Å². The zero-order valence-corrected chi connectivity index (χ0v) is 9.08. The van der Waals surface area contributed by atoms with E-state index in [9.17, 15) is 9.59 Å². The van der Waals surface area contributed by atoms with Crippen LogP contribution in [0.1, 0.15) is 19.8 Å². The maximum Gasteiger partial charge on any atom is 0.293 e. The molecule has 84 valence electrons. The highest BCUT2D eigenvalue weighted by molar-refractivity contribution is 6.02. The molecule has 0 bridgehead atoms. The summed E-state index contributed by atoms with van der Waals surface area (Å²) in [5, 5.41) is 2.58. The normalized spacial score (nSPS) is 10.7. The van der Waals surface area contributed by atoms with Crippen LogP contribution in [-0.2, 0) is 14.3 Å². The van der Waals surface area contributed by atoms with Crippen LogP contribution in [0.15, 0.2) is 17.3 Å². The lowest BCUT2D eigenvalue weighted by atomic mass is 10.2. The number of nitrogens with zero attached hydrogens (tertiary/aromatic N) is 1. The van der Waals surface area contributed by atoms with Crippen LogP contribution in [0.5, 0.6) is 0 Å². The molecular formula is C10H16N2O3. The molecule has 0 aromatic rings. The molecule has 0 heterocycles. The van der Waals surface area contributed by atoms with Crippen molar-refractivity contribution in [2.24, 2.45) is 4.99 Å². The first-order chi connectivity index (χ1) is 7.15. The van der Waals surface area contributed by atoms with E-state index >= 15 is 0 Å². The molecule has 0 saturated heterocycles. The largest absolute Gasteiger partial charge is 0.467 e. The number of amides is 1. The quantitative estimate of drug-likeness (QED) is 0.383. The molecule has 0 aliphatic carbocycles. The number of nitrogens with one attached hydrogen (secondary N) is 1. The fourth-order valence-corrected chi connectivity index (χ4v) is 1.01. The number of hydrogen-bond acceptors (Lipinski definition) is 4. The molecule has 0 saturated carbocycles. The van der Waals surface area contributed by atoms with Gasteiger partial charge in [-0.3, -0.25) is 14.6 Å². The van der Waals surface area contributed by atoms with E-state index in [2.05, 4.69) is 21.6 Å². The Hall–Kier alpha value is -1.65. The number of aliphatic imine (C=N–C) groups is 1. The Morgan fingerprint density at radius 1 is 1.60 bits per heavy atom. The second-order valence-corrected chi connectivity index (χ2v) is 2.77. The van der Waals surface area contributed by atoms with Gasteiger partial charge < -0.3 is 10.1 Å². The Labute approximate surface area is 89.2 Å². The molecule has 0 spiro atoms. The molecule has 0 aliphatic heterocycles. The third kappa shape index (κ3) is 5.61. The van der Waals surface area contributed by atoms with Gasteiger partial charge in [-0.05, 0) is 6.42 Å². The first kappa shape index (κ1) is 13.4. The van der Waals surface area contributed by atoms with Crippen molar-refractivity contribution in [3.63, 3.8) is 0 Å². The van der Waals surface area contributed by atoms with Crippen molar-refractivity contribution in [1.82, 2.24) is 5.32 Å². The molecule has 0 aliphatic rings. The molecular weight excluding hydrogens is 196 g/mol. The lowest BCUT2D eigenvalue weighted by Gasteiger charge is -2.08. The Morgan fingerprint density at radius 3 is 2.73 bits per heavy atom. The molecule has 5 nitrogen and oxygen atoms in total. The third-order valence-electron chi connectivity index (χ3n) is 1.76. The fourth-order valence-electron chi connectivity index (χ4n) is 1.01. The molecule has 0 unspecified atom stereocenters. The second kappa shape index (κ2) is 7.73. The highest BCUT2D eigenvalue weighted by Crippen LogP contribution is 1.96. The summed E-state index contributed by atoms with van der Waals surface area (Å²) in [7, 11) is 1.64. The predicted octanol–water partition coefficient (Wildman–Crippen LogP) is 0.660. The maximum atomic E-state index is 11.2. The van der Waals surface area contributed by atoms with E-state index in [0.717, 1.165) is 5.71 Å². The molecule has 1 N–H and O–H groups in total. The zero-order valence-electron chi connectivity index (χ0n) is 9.08. The van der Waals surface area contributed by atoms with Crippen molar-refractivity contribution in [2.75, 3.05) is 13.7 Å². The second-order valence-electron chi connectivity index (χ2n) is 2.77. The standard InChI is InChI=1S/C10H16N2O3/c1-4-9(11-3)8(2)12-10(14)5-6-15-7-13/h7H,2,4-6H2,1,3H3,(H,12,14)/b11-9+. The van der Waals surface area contributed by atoms with Crippen LogP contribution in [-0.4, -0.2) is 31.7 Å². The smallest absolute Gasteiger partial charge is 0.293 e. The van der Waals surface area contributed by atoms with Gasteiger partial charge in [-0.15, -0.1) is 0 Å². The molecule has 0 aromatic carbocycles. The first-order valence-electron chi connectivity index (χ1n) is 4.65. The van der Waals surface area contributed by atoms with Gasteiger partial charge in [0.15, 0.2) is 0 Å². The van der Waals surface area contributed by atoms with Crippen molar-refractivity contribution < 1.29 is 14.3 Å². The average molecular weight is 212 g/mol. The van der Waals surface area contributed by atoms with Crippen LogP contribution in [0.3, 0.4) is 0 Å². The van der Waals surface area contributed by atoms with Crippen LogP contribution >= 0.6 is 0 Å². The molecule has 0 rings (SSSR count). The molecule has 0 radical (unpaired) electrons. The molecule has 5 heteroatoms. The molecule has 15 heavy (non-hydrogen) atoms. The first-order valence-corrected chi connectivity index (χ1v) is 4.65. The topological polar surface area (TPSA) is 67.8 Å². The SMILES string of the molecule is C=C(NC(=O)CCOC=O)/C(CC)=N/C. The summed E-state index contributed by atoms with van der Waals surface area (Å²) in [5.74, 6) is -0.239. The number of rotatable bonds is 7. The van der Waals surface area contributed by atoms with Gasteiger partial charge in [0.05, 0.1) is 24.4 Å². The van der Waals surface area contributed by atoms with Crippen molar-refractivity contribution in [2.45, 2.75) is 19.8 Å². The van der Waals surface area contributed by atoms with Gasteiger partial charge in [0, 0.05) is 7.05 Å². The molecule has 1 amide bonds. The van der Waals surface area contributed by atoms with Crippen molar-refractivity contribution in [1.29, 1.82) is 0 Å². The van der Waals surface area contributed by atoms with Crippen molar-refractivity contribution in [3.05, 3.63) is 12.3 Å². The summed E-state index contributed by atoms with van der Waals surface area (Å²) in [6.45, 7) is 6.01. The average Bonchev–Trinajstić information content (AvgIpc) is 2.20. The number of allylic oxidation sites excluding steroid dienone is 1. The minimum Gasteiger partial charge on any atom is -0.467 e. The molecule has 0 atom stereocenters. The minimum atomic E-state index is -0.239. The zero-order chi connectivity index (χ0) is 11.7. The van der Waals surface area contributed by atoms with Gasteiger partial charge in [0.2, 0.25) is 5.91 Å². The Bertz CT molecular complexity index is 272. The van der Waals surface area contributed by atoms with E-state index in [1.165, 1.54) is 0 Å². The number of carbonyl (C=O) groups is 2. The molecule has 0 aromatic heterocycles. The van der Waals surface area contributed by atoms with E-state index in [1.54, 1.807) is 7.05 Å². The van der Waals surface area contributed by atoms with Gasteiger partial charge >= 0.3 is 0 Å². The summed E-state index contributed by atoms with van der Waals surface area (Å²) in [4.78, 5) is 25.0. The van der Waals surface area contributed by atoms with Gasteiger partial charge in [0.1, 0.15) is 0 Å². The Kier molecular flexibility index (Phi) is 6.88. The lowest BCUT2D eigenvalue weighted by Crippen LogP contribution is -2.27.